The first-order valence-electron chi connectivity index (χ1n) is 9.04. The summed E-state index contributed by atoms with van der Waals surface area (Å²) in [5.74, 6) is 0. The Labute approximate surface area is 171 Å². The molecule has 5 aromatic rings. The molecule has 0 atom stereocenters. The molecule has 4 aromatic carbocycles. The Balaban J connectivity index is 1.68. The molecule has 5 rings (SSSR count). The van der Waals surface area contributed by atoms with E-state index >= 15 is 0 Å². The van der Waals surface area contributed by atoms with Gasteiger partial charge in [0.05, 0.1) is 22.7 Å². The van der Waals surface area contributed by atoms with Gasteiger partial charge in [-0.1, -0.05) is 64.5 Å². The lowest BCUT2D eigenvalue weighted by Gasteiger charge is -2.10. The van der Waals surface area contributed by atoms with Gasteiger partial charge in [0, 0.05) is 20.9 Å². The highest BCUT2D eigenvalue weighted by atomic mass is 79.9. The molecule has 1 aromatic heterocycles. The number of benzene rings is 4. The second-order valence-corrected chi connectivity index (χ2v) is 7.67. The van der Waals surface area contributed by atoms with Crippen LogP contribution in [0.4, 0.5) is 0 Å². The normalized spacial score (nSPS) is 11.0. The molecule has 0 fully saturated rings. The van der Waals surface area contributed by atoms with Gasteiger partial charge >= 0.3 is 0 Å². The van der Waals surface area contributed by atoms with Gasteiger partial charge in [0.2, 0.25) is 0 Å². The Hall–Kier alpha value is -3.35. The zero-order chi connectivity index (χ0) is 19.1. The summed E-state index contributed by atoms with van der Waals surface area (Å²) < 4.78 is 3.21. The van der Waals surface area contributed by atoms with Crippen molar-refractivity contribution in [2.24, 2.45) is 0 Å². The summed E-state index contributed by atoms with van der Waals surface area (Å²) in [6, 6.07) is 33.5. The first kappa shape index (κ1) is 16.8. The van der Waals surface area contributed by atoms with Gasteiger partial charge in [0.15, 0.2) is 0 Å². The van der Waals surface area contributed by atoms with Crippen LogP contribution in [0.15, 0.2) is 95.5 Å². The minimum atomic E-state index is 0.649. The average Bonchev–Trinajstić information content (AvgIpc) is 3.08. The fraction of sp³-hybridized carbons (Fsp3) is 0. The largest absolute Gasteiger partial charge is 0.309 e. The summed E-state index contributed by atoms with van der Waals surface area (Å²) in [6.07, 6.45) is 0. The van der Waals surface area contributed by atoms with Crippen molar-refractivity contribution < 1.29 is 0 Å². The summed E-state index contributed by atoms with van der Waals surface area (Å²) in [6.45, 7) is 0. The molecule has 0 aliphatic heterocycles. The number of para-hydroxylation sites is 2. The minimum Gasteiger partial charge on any atom is -0.309 e. The molecular weight excluding hydrogens is 408 g/mol. The van der Waals surface area contributed by atoms with Crippen molar-refractivity contribution in [1.29, 1.82) is 5.26 Å². The fourth-order valence-corrected chi connectivity index (χ4v) is 4.32. The van der Waals surface area contributed by atoms with Gasteiger partial charge in [-0.15, -0.1) is 0 Å². The molecule has 28 heavy (non-hydrogen) atoms. The highest BCUT2D eigenvalue weighted by Crippen LogP contribution is 2.33. The SMILES string of the molecule is N#Cc1cc(Br)cc(-c2ccc(-n3c4ccccc4c4ccccc43)cc2)c1. The van der Waals surface area contributed by atoms with E-state index in [-0.39, 0.29) is 0 Å². The quantitative estimate of drug-likeness (QED) is 0.298. The Morgan fingerprint density at radius 3 is 1.89 bits per heavy atom. The zero-order valence-electron chi connectivity index (χ0n) is 14.9. The maximum Gasteiger partial charge on any atom is 0.0992 e. The van der Waals surface area contributed by atoms with Crippen LogP contribution in [0.5, 0.6) is 0 Å². The lowest BCUT2D eigenvalue weighted by atomic mass is 10.0. The average molecular weight is 423 g/mol. The summed E-state index contributed by atoms with van der Waals surface area (Å²) >= 11 is 3.50. The first-order valence-corrected chi connectivity index (χ1v) is 9.83. The second-order valence-electron chi connectivity index (χ2n) is 6.76. The molecule has 0 unspecified atom stereocenters. The molecule has 0 aliphatic carbocycles. The number of halogens is 1. The molecule has 0 N–H and O–H groups in total. The number of rotatable bonds is 2. The highest BCUT2D eigenvalue weighted by Gasteiger charge is 2.11. The molecule has 0 saturated heterocycles. The van der Waals surface area contributed by atoms with Gasteiger partial charge in [0.25, 0.3) is 0 Å². The Kier molecular flexibility index (Phi) is 4.00. The lowest BCUT2D eigenvalue weighted by Crippen LogP contribution is -1.93. The van der Waals surface area contributed by atoms with E-state index in [2.05, 4.69) is 99.4 Å². The van der Waals surface area contributed by atoms with Gasteiger partial charge in [-0.25, -0.2) is 0 Å². The van der Waals surface area contributed by atoms with Crippen molar-refractivity contribution >= 4 is 37.7 Å². The van der Waals surface area contributed by atoms with Crippen LogP contribution in [0.3, 0.4) is 0 Å². The van der Waals surface area contributed by atoms with Crippen molar-refractivity contribution in [2.45, 2.75) is 0 Å². The number of hydrogen-bond acceptors (Lipinski definition) is 1. The topological polar surface area (TPSA) is 28.7 Å². The van der Waals surface area contributed by atoms with Gasteiger partial charge in [0.1, 0.15) is 0 Å². The molecule has 0 bridgehead atoms. The zero-order valence-corrected chi connectivity index (χ0v) is 16.5. The van der Waals surface area contributed by atoms with Crippen LogP contribution in [0.25, 0.3) is 38.6 Å². The van der Waals surface area contributed by atoms with Crippen molar-refractivity contribution in [2.75, 3.05) is 0 Å². The monoisotopic (exact) mass is 422 g/mol. The standard InChI is InChI=1S/C25H15BrN2/c26-20-14-17(16-27)13-19(15-20)18-9-11-21(12-10-18)28-24-7-3-1-5-22(24)23-6-2-4-8-25(23)28/h1-15H. The molecule has 0 saturated carbocycles. The van der Waals surface area contributed by atoms with Gasteiger partial charge < -0.3 is 4.57 Å². The summed E-state index contributed by atoms with van der Waals surface area (Å²) in [4.78, 5) is 0. The van der Waals surface area contributed by atoms with E-state index in [1.165, 1.54) is 21.8 Å². The van der Waals surface area contributed by atoms with E-state index in [0.717, 1.165) is 21.3 Å². The Morgan fingerprint density at radius 1 is 0.679 bits per heavy atom. The van der Waals surface area contributed by atoms with Crippen LogP contribution in [0, 0.1) is 11.3 Å². The first-order chi connectivity index (χ1) is 13.7. The van der Waals surface area contributed by atoms with Gasteiger partial charge in [-0.05, 0) is 53.6 Å². The van der Waals surface area contributed by atoms with Gasteiger partial charge in [-0.3, -0.25) is 0 Å². The molecule has 0 spiro atoms. The van der Waals surface area contributed by atoms with E-state index in [1.54, 1.807) is 0 Å². The number of fused-ring (bicyclic) bond motifs is 3. The smallest absolute Gasteiger partial charge is 0.0992 e. The van der Waals surface area contributed by atoms with Crippen LogP contribution < -0.4 is 0 Å². The van der Waals surface area contributed by atoms with Crippen LogP contribution in [0.1, 0.15) is 5.56 Å². The minimum absolute atomic E-state index is 0.649. The number of hydrogen-bond donors (Lipinski definition) is 0. The van der Waals surface area contributed by atoms with E-state index < -0.39 is 0 Å². The third-order valence-electron chi connectivity index (χ3n) is 5.07. The van der Waals surface area contributed by atoms with Crippen LogP contribution in [0.2, 0.25) is 0 Å². The lowest BCUT2D eigenvalue weighted by molar-refractivity contribution is 1.18. The third kappa shape index (κ3) is 2.70. The van der Waals surface area contributed by atoms with Crippen molar-refractivity contribution in [3.8, 4) is 22.9 Å². The molecule has 0 aliphatic rings. The molecule has 0 radical (unpaired) electrons. The fourth-order valence-electron chi connectivity index (χ4n) is 3.82. The van der Waals surface area contributed by atoms with E-state index in [9.17, 15) is 5.26 Å². The Bertz CT molecular complexity index is 1320. The van der Waals surface area contributed by atoms with Crippen LogP contribution in [-0.2, 0) is 0 Å². The third-order valence-corrected chi connectivity index (χ3v) is 5.52. The molecule has 0 amide bonds. The molecule has 2 nitrogen and oxygen atoms in total. The van der Waals surface area contributed by atoms with Crippen LogP contribution in [-0.4, -0.2) is 4.57 Å². The number of nitrogens with zero attached hydrogens (tertiary/aromatic N) is 2. The van der Waals surface area contributed by atoms with Crippen molar-refractivity contribution in [3.63, 3.8) is 0 Å². The predicted molar refractivity (Wildman–Crippen MR) is 119 cm³/mol. The summed E-state index contributed by atoms with van der Waals surface area (Å²) in [5.41, 5.74) is 6.28. The summed E-state index contributed by atoms with van der Waals surface area (Å²) in [5, 5.41) is 11.7. The molecule has 3 heteroatoms. The Morgan fingerprint density at radius 2 is 1.29 bits per heavy atom. The number of nitriles is 1. The van der Waals surface area contributed by atoms with Crippen molar-refractivity contribution in [1.82, 2.24) is 4.57 Å². The van der Waals surface area contributed by atoms with Gasteiger partial charge in [-0.2, -0.15) is 5.26 Å². The summed E-state index contributed by atoms with van der Waals surface area (Å²) in [7, 11) is 0. The predicted octanol–water partition coefficient (Wildman–Crippen LogP) is 7.08. The van der Waals surface area contributed by atoms with E-state index in [4.69, 9.17) is 0 Å². The highest BCUT2D eigenvalue weighted by molar-refractivity contribution is 9.10. The number of aromatic nitrogens is 1. The maximum atomic E-state index is 9.23. The van der Waals surface area contributed by atoms with Crippen LogP contribution >= 0.6 is 15.9 Å². The molecular formula is C25H15BrN2. The van der Waals surface area contributed by atoms with E-state index in [0.29, 0.717) is 5.56 Å². The van der Waals surface area contributed by atoms with E-state index in [1.807, 2.05) is 18.2 Å². The molecule has 1 heterocycles. The molecule has 132 valence electrons. The maximum absolute atomic E-state index is 9.23. The van der Waals surface area contributed by atoms with Crippen molar-refractivity contribution in [3.05, 3.63) is 101 Å². The second kappa shape index (κ2) is 6.67.